The van der Waals surface area contributed by atoms with Crippen LogP contribution in [0.1, 0.15) is 53.5 Å². The van der Waals surface area contributed by atoms with Gasteiger partial charge in [-0.2, -0.15) is 0 Å². The number of carbonyl (C=O) groups is 2. The van der Waals surface area contributed by atoms with Gasteiger partial charge in [0.05, 0.1) is 12.3 Å². The van der Waals surface area contributed by atoms with Gasteiger partial charge < -0.3 is 20.0 Å². The van der Waals surface area contributed by atoms with E-state index in [-0.39, 0.29) is 24.7 Å². The number of carbonyl (C=O) groups excluding carboxylic acids is 2. The first-order chi connectivity index (χ1) is 14.9. The van der Waals surface area contributed by atoms with Crippen LogP contribution < -0.4 is 5.73 Å². The van der Waals surface area contributed by atoms with Gasteiger partial charge in [0.1, 0.15) is 5.60 Å². The van der Waals surface area contributed by atoms with E-state index in [1.54, 1.807) is 27.7 Å². The van der Waals surface area contributed by atoms with Crippen LogP contribution in [0.25, 0.3) is 10.8 Å². The Bertz CT molecular complexity index is 1060. The summed E-state index contributed by atoms with van der Waals surface area (Å²) in [6.45, 7) is 10.9. The molecule has 1 aliphatic rings. The zero-order valence-corrected chi connectivity index (χ0v) is 19.6. The van der Waals surface area contributed by atoms with Gasteiger partial charge in [-0.05, 0) is 50.5 Å². The number of nitrogens with two attached hydrogens (primary N) is 1. The maximum atomic E-state index is 13.2. The molecule has 2 aromatic rings. The molecule has 0 aromatic heterocycles. The van der Waals surface area contributed by atoms with Crippen LogP contribution in [0.3, 0.4) is 0 Å². The number of oxime groups is 1. The molecule has 1 aliphatic heterocycles. The molecule has 32 heavy (non-hydrogen) atoms. The highest BCUT2D eigenvalue weighted by atomic mass is 16.7. The van der Waals surface area contributed by atoms with Crippen molar-refractivity contribution in [2.24, 2.45) is 16.8 Å². The second-order valence-corrected chi connectivity index (χ2v) is 9.44. The molecule has 0 radical (unpaired) electrons. The highest BCUT2D eigenvalue weighted by molar-refractivity contribution is 6.13. The predicted molar refractivity (Wildman–Crippen MR) is 123 cm³/mol. The fraction of sp³-hybridized carbons (Fsp3) is 0.480. The summed E-state index contributed by atoms with van der Waals surface area (Å²) in [7, 11) is 0. The number of hydrogen-bond acceptors (Lipinski definition) is 7. The van der Waals surface area contributed by atoms with Gasteiger partial charge in [-0.15, -0.1) is 0 Å². The molecular formula is C25H32N2O5. The average Bonchev–Trinajstić information content (AvgIpc) is 3.18. The van der Waals surface area contributed by atoms with Gasteiger partial charge >= 0.3 is 11.9 Å². The van der Waals surface area contributed by atoms with E-state index in [2.05, 4.69) is 5.16 Å². The van der Waals surface area contributed by atoms with Gasteiger partial charge in [0.2, 0.25) is 0 Å². The molecule has 2 N–H and O–H groups in total. The summed E-state index contributed by atoms with van der Waals surface area (Å²) in [4.78, 5) is 32.1. The Morgan fingerprint density at radius 1 is 1.16 bits per heavy atom. The summed E-state index contributed by atoms with van der Waals surface area (Å²) in [6, 6.07) is 13.4. The molecular weight excluding hydrogens is 408 g/mol. The van der Waals surface area contributed by atoms with E-state index in [0.29, 0.717) is 5.56 Å². The molecule has 1 heterocycles. The lowest BCUT2D eigenvalue weighted by Gasteiger charge is -2.34. The van der Waals surface area contributed by atoms with Crippen LogP contribution in [-0.2, 0) is 29.5 Å². The van der Waals surface area contributed by atoms with E-state index >= 15 is 0 Å². The van der Waals surface area contributed by atoms with Gasteiger partial charge in [-0.3, -0.25) is 0 Å². The molecule has 0 bridgehead atoms. The number of hydrogen-bond donors (Lipinski definition) is 1. The first-order valence-corrected chi connectivity index (χ1v) is 10.9. The van der Waals surface area contributed by atoms with E-state index < -0.39 is 28.7 Å². The monoisotopic (exact) mass is 440 g/mol. The molecule has 0 saturated heterocycles. The molecule has 0 saturated carbocycles. The molecule has 2 aromatic carbocycles. The molecule has 0 fully saturated rings. The fourth-order valence-electron chi connectivity index (χ4n) is 3.77. The highest BCUT2D eigenvalue weighted by Crippen LogP contribution is 2.41. The SMILES string of the molecule is CCOC(=O)C1(c2ccc3ccccc3c2)CC([C@](N)(C(=O)OC(C)(C)C)C(C)C)=NO1. The number of esters is 2. The Morgan fingerprint density at radius 3 is 2.41 bits per heavy atom. The maximum Gasteiger partial charge on any atom is 0.358 e. The quantitative estimate of drug-likeness (QED) is 0.680. The standard InChI is InChI=1S/C25H32N2O5/c1-7-30-21(28)24(19-13-12-17-10-8-9-11-18(17)14-19)15-20(27-32-24)25(26,16(2)3)22(29)31-23(4,5)6/h8-14,16H,7,15,26H2,1-6H3/t24?,25-/m0/s1. The van der Waals surface area contributed by atoms with Crippen molar-refractivity contribution in [2.45, 2.75) is 64.7 Å². The number of rotatable bonds is 6. The predicted octanol–water partition coefficient (Wildman–Crippen LogP) is 4.07. The molecule has 0 amide bonds. The lowest BCUT2D eigenvalue weighted by Crippen LogP contribution is -2.61. The Labute approximate surface area is 188 Å². The zero-order valence-electron chi connectivity index (χ0n) is 19.6. The average molecular weight is 441 g/mol. The van der Waals surface area contributed by atoms with Gasteiger partial charge in [-0.1, -0.05) is 55.4 Å². The van der Waals surface area contributed by atoms with Crippen molar-refractivity contribution >= 4 is 28.4 Å². The summed E-state index contributed by atoms with van der Waals surface area (Å²) in [6.07, 6.45) is -0.0158. The third-order valence-corrected chi connectivity index (χ3v) is 5.67. The van der Waals surface area contributed by atoms with Crippen molar-refractivity contribution in [1.82, 2.24) is 0 Å². The van der Waals surface area contributed by atoms with Crippen LogP contribution in [-0.4, -0.2) is 35.4 Å². The Morgan fingerprint density at radius 2 is 1.81 bits per heavy atom. The Hall–Kier alpha value is -2.93. The topological polar surface area (TPSA) is 100 Å². The van der Waals surface area contributed by atoms with Crippen LogP contribution in [0.4, 0.5) is 0 Å². The van der Waals surface area contributed by atoms with E-state index in [9.17, 15) is 9.59 Å². The largest absolute Gasteiger partial charge is 0.463 e. The van der Waals surface area contributed by atoms with Gasteiger partial charge in [0.15, 0.2) is 5.54 Å². The van der Waals surface area contributed by atoms with Crippen LogP contribution in [0.5, 0.6) is 0 Å². The Balaban J connectivity index is 2.05. The molecule has 0 aliphatic carbocycles. The highest BCUT2D eigenvalue weighted by Gasteiger charge is 2.57. The van der Waals surface area contributed by atoms with E-state index in [4.69, 9.17) is 20.0 Å². The molecule has 1 unspecified atom stereocenters. The molecule has 3 rings (SSSR count). The van der Waals surface area contributed by atoms with Crippen LogP contribution in [0.15, 0.2) is 47.6 Å². The van der Waals surface area contributed by atoms with Crippen LogP contribution >= 0.6 is 0 Å². The zero-order chi connectivity index (χ0) is 23.7. The summed E-state index contributed by atoms with van der Waals surface area (Å²) < 4.78 is 11.0. The third kappa shape index (κ3) is 4.21. The van der Waals surface area contributed by atoms with Gasteiger partial charge in [0, 0.05) is 12.0 Å². The first-order valence-electron chi connectivity index (χ1n) is 10.9. The lowest BCUT2D eigenvalue weighted by atomic mass is 9.76. The molecule has 7 heteroatoms. The number of nitrogens with zero attached hydrogens (tertiary/aromatic N) is 1. The van der Waals surface area contributed by atoms with Crippen LogP contribution in [0.2, 0.25) is 0 Å². The van der Waals surface area contributed by atoms with Crippen molar-refractivity contribution in [1.29, 1.82) is 0 Å². The van der Waals surface area contributed by atoms with E-state index in [1.807, 2.05) is 56.3 Å². The van der Waals surface area contributed by atoms with Gasteiger partial charge in [-0.25, -0.2) is 9.59 Å². The van der Waals surface area contributed by atoms with Crippen molar-refractivity contribution in [3.63, 3.8) is 0 Å². The lowest BCUT2D eigenvalue weighted by molar-refractivity contribution is -0.170. The summed E-state index contributed by atoms with van der Waals surface area (Å²) in [5.41, 5.74) is 3.65. The summed E-state index contributed by atoms with van der Waals surface area (Å²) >= 11 is 0. The smallest absolute Gasteiger partial charge is 0.358 e. The normalized spacial score (nSPS) is 20.4. The van der Waals surface area contributed by atoms with Crippen LogP contribution in [0, 0.1) is 5.92 Å². The minimum atomic E-state index is -1.56. The maximum absolute atomic E-state index is 13.2. The molecule has 7 nitrogen and oxygen atoms in total. The third-order valence-electron chi connectivity index (χ3n) is 5.67. The van der Waals surface area contributed by atoms with Gasteiger partial charge in [0.25, 0.3) is 5.60 Å². The first kappa shape index (κ1) is 23.7. The molecule has 172 valence electrons. The molecule has 0 spiro atoms. The fourth-order valence-corrected chi connectivity index (χ4v) is 3.77. The second kappa shape index (κ2) is 8.54. The van der Waals surface area contributed by atoms with Crippen molar-refractivity contribution < 1.29 is 23.9 Å². The second-order valence-electron chi connectivity index (χ2n) is 9.44. The number of ether oxygens (including phenoxy) is 2. The van der Waals surface area contributed by atoms with E-state index in [0.717, 1.165) is 10.8 Å². The van der Waals surface area contributed by atoms with Crippen molar-refractivity contribution in [3.8, 4) is 0 Å². The number of fused-ring (bicyclic) bond motifs is 1. The number of benzene rings is 2. The Kier molecular flexibility index (Phi) is 6.33. The minimum absolute atomic E-state index is 0.0158. The summed E-state index contributed by atoms with van der Waals surface area (Å²) in [5.74, 6) is -1.54. The molecule has 2 atom stereocenters. The summed E-state index contributed by atoms with van der Waals surface area (Å²) in [5, 5.41) is 6.16. The van der Waals surface area contributed by atoms with Crippen molar-refractivity contribution in [3.05, 3.63) is 48.0 Å². The van der Waals surface area contributed by atoms with Crippen molar-refractivity contribution in [2.75, 3.05) is 6.61 Å². The van der Waals surface area contributed by atoms with E-state index in [1.165, 1.54) is 0 Å². The minimum Gasteiger partial charge on any atom is -0.463 e.